The molecule has 0 saturated carbocycles. The van der Waals surface area contributed by atoms with Gasteiger partial charge in [-0.15, -0.1) is 10.2 Å². The number of rotatable bonds is 8. The van der Waals surface area contributed by atoms with E-state index >= 15 is 0 Å². The SMILES string of the molecule is Cc1ccc(S(=O)(=O)N(Cc2ccccc2)CC(C)c2nnc(C3(N)CC=C/C=C\C=C\C3)o2)cc1. The number of sulfonamides is 1. The molecule has 0 aliphatic heterocycles. The monoisotopic (exact) mass is 504 g/mol. The first-order valence-electron chi connectivity index (χ1n) is 12.0. The largest absolute Gasteiger partial charge is 0.423 e. The molecule has 8 heteroatoms. The number of benzene rings is 2. The maximum absolute atomic E-state index is 13.6. The molecule has 188 valence electrons. The predicted molar refractivity (Wildman–Crippen MR) is 140 cm³/mol. The summed E-state index contributed by atoms with van der Waals surface area (Å²) >= 11 is 0. The summed E-state index contributed by atoms with van der Waals surface area (Å²) in [5.74, 6) is 0.359. The summed E-state index contributed by atoms with van der Waals surface area (Å²) in [6, 6.07) is 16.4. The molecule has 2 N–H and O–H groups in total. The molecule has 2 atom stereocenters. The molecule has 3 aromatic rings. The number of aryl methyl sites for hydroxylation is 1. The molecule has 0 amide bonds. The summed E-state index contributed by atoms with van der Waals surface area (Å²) in [6.45, 7) is 4.22. The molecule has 7 nitrogen and oxygen atoms in total. The molecule has 0 saturated heterocycles. The smallest absolute Gasteiger partial charge is 0.243 e. The zero-order valence-electron chi connectivity index (χ0n) is 20.6. The Balaban J connectivity index is 1.59. The lowest BCUT2D eigenvalue weighted by molar-refractivity contribution is 0.300. The van der Waals surface area contributed by atoms with Gasteiger partial charge in [0.2, 0.25) is 21.8 Å². The van der Waals surface area contributed by atoms with Crippen LogP contribution in [0.15, 0.2) is 100 Å². The van der Waals surface area contributed by atoms with Crippen molar-refractivity contribution in [1.29, 1.82) is 0 Å². The Bertz CT molecular complexity index is 1320. The molecule has 0 fully saturated rings. The van der Waals surface area contributed by atoms with Crippen LogP contribution in [0.2, 0.25) is 0 Å². The number of nitrogens with zero attached hydrogens (tertiary/aromatic N) is 3. The van der Waals surface area contributed by atoms with Crippen molar-refractivity contribution in [2.24, 2.45) is 5.73 Å². The van der Waals surface area contributed by atoms with Gasteiger partial charge in [0.25, 0.3) is 0 Å². The molecule has 0 spiro atoms. The van der Waals surface area contributed by atoms with Gasteiger partial charge in [-0.2, -0.15) is 4.31 Å². The lowest BCUT2D eigenvalue weighted by atomic mass is 9.92. The van der Waals surface area contributed by atoms with Gasteiger partial charge in [0.1, 0.15) is 5.54 Å². The number of hydrogen-bond donors (Lipinski definition) is 1. The van der Waals surface area contributed by atoms with Crippen molar-refractivity contribution in [3.05, 3.63) is 114 Å². The van der Waals surface area contributed by atoms with Crippen molar-refractivity contribution >= 4 is 10.0 Å². The van der Waals surface area contributed by atoms with Crippen LogP contribution in [0.3, 0.4) is 0 Å². The summed E-state index contributed by atoms with van der Waals surface area (Å²) in [4.78, 5) is 0.251. The molecule has 0 bridgehead atoms. The fourth-order valence-electron chi connectivity index (χ4n) is 4.01. The molecule has 2 unspecified atom stereocenters. The van der Waals surface area contributed by atoms with Crippen molar-refractivity contribution in [3.8, 4) is 0 Å². The Labute approximate surface area is 213 Å². The predicted octanol–water partition coefficient (Wildman–Crippen LogP) is 4.99. The van der Waals surface area contributed by atoms with Gasteiger partial charge in [0.05, 0.1) is 4.90 Å². The highest BCUT2D eigenvalue weighted by Gasteiger charge is 2.33. The van der Waals surface area contributed by atoms with Crippen LogP contribution in [0.4, 0.5) is 0 Å². The van der Waals surface area contributed by atoms with Gasteiger partial charge in [0, 0.05) is 19.0 Å². The Morgan fingerprint density at radius 1 is 0.972 bits per heavy atom. The van der Waals surface area contributed by atoms with Crippen LogP contribution in [0.5, 0.6) is 0 Å². The minimum atomic E-state index is -3.76. The third kappa shape index (κ3) is 6.07. The van der Waals surface area contributed by atoms with Gasteiger partial charge in [-0.25, -0.2) is 8.42 Å². The molecule has 0 radical (unpaired) electrons. The summed E-state index contributed by atoms with van der Waals surface area (Å²) in [6.07, 6.45) is 12.8. The average molecular weight is 505 g/mol. The molecule has 1 heterocycles. The topological polar surface area (TPSA) is 102 Å². The second-order valence-corrected chi connectivity index (χ2v) is 11.2. The van der Waals surface area contributed by atoms with E-state index in [9.17, 15) is 8.42 Å². The van der Waals surface area contributed by atoms with Crippen LogP contribution >= 0.6 is 0 Å². The zero-order chi connectivity index (χ0) is 25.6. The maximum Gasteiger partial charge on any atom is 0.243 e. The second-order valence-electron chi connectivity index (χ2n) is 9.25. The van der Waals surface area contributed by atoms with E-state index in [0.29, 0.717) is 24.6 Å². The minimum absolute atomic E-state index is 0.175. The van der Waals surface area contributed by atoms with Crippen LogP contribution in [0.1, 0.15) is 48.6 Å². The molecular formula is C28H32N4O3S. The lowest BCUT2D eigenvalue weighted by Crippen LogP contribution is -2.36. The van der Waals surface area contributed by atoms with Crippen molar-refractivity contribution in [3.63, 3.8) is 0 Å². The third-order valence-electron chi connectivity index (χ3n) is 6.20. The summed E-state index contributed by atoms with van der Waals surface area (Å²) in [5.41, 5.74) is 7.72. The van der Waals surface area contributed by atoms with Crippen molar-refractivity contribution in [2.75, 3.05) is 6.54 Å². The molecule has 4 rings (SSSR count). The highest BCUT2D eigenvalue weighted by atomic mass is 32.2. The summed E-state index contributed by atoms with van der Waals surface area (Å²) in [7, 11) is -3.76. The minimum Gasteiger partial charge on any atom is -0.423 e. The van der Waals surface area contributed by atoms with Crippen LogP contribution in [0.25, 0.3) is 0 Å². The van der Waals surface area contributed by atoms with E-state index in [1.165, 1.54) is 4.31 Å². The first-order valence-corrected chi connectivity index (χ1v) is 13.4. The van der Waals surface area contributed by atoms with E-state index in [4.69, 9.17) is 10.2 Å². The molecule has 1 aromatic heterocycles. The van der Waals surface area contributed by atoms with Crippen LogP contribution in [-0.2, 0) is 22.1 Å². The standard InChI is InChI=1S/C28H32N4O3S/c1-22-14-16-25(17-15-22)36(33,34)32(21-24-12-8-7-9-13-24)20-23(2)26-30-31-27(35-26)28(29)18-10-5-3-4-6-11-19-28/h3-17,23H,18-21,29H2,1-2H3/b4-3-,10-5+,11-6?. The Hall–Kier alpha value is -3.33. The van der Waals surface area contributed by atoms with Gasteiger partial charge in [0.15, 0.2) is 0 Å². The Kier molecular flexibility index (Phi) is 7.98. The molecule has 2 aromatic carbocycles. The van der Waals surface area contributed by atoms with Crippen LogP contribution in [0, 0.1) is 6.92 Å². The lowest BCUT2D eigenvalue weighted by Gasteiger charge is -2.25. The Morgan fingerprint density at radius 3 is 2.25 bits per heavy atom. The highest BCUT2D eigenvalue weighted by Crippen LogP contribution is 2.30. The zero-order valence-corrected chi connectivity index (χ0v) is 21.4. The first kappa shape index (κ1) is 25.8. The molecule has 1 aliphatic carbocycles. The molecule has 36 heavy (non-hydrogen) atoms. The van der Waals surface area contributed by atoms with Crippen molar-refractivity contribution < 1.29 is 12.8 Å². The number of allylic oxidation sites excluding steroid dienone is 4. The second kappa shape index (κ2) is 11.2. The molecule has 1 aliphatic rings. The van der Waals surface area contributed by atoms with Gasteiger partial charge in [-0.3, -0.25) is 0 Å². The quantitative estimate of drug-likeness (QED) is 0.464. The van der Waals surface area contributed by atoms with E-state index in [2.05, 4.69) is 10.2 Å². The Morgan fingerprint density at radius 2 is 1.61 bits per heavy atom. The van der Waals surface area contributed by atoms with Crippen molar-refractivity contribution in [1.82, 2.24) is 14.5 Å². The van der Waals surface area contributed by atoms with E-state index in [1.54, 1.807) is 24.3 Å². The van der Waals surface area contributed by atoms with Gasteiger partial charge >= 0.3 is 0 Å². The van der Waals surface area contributed by atoms with E-state index in [-0.39, 0.29) is 23.9 Å². The van der Waals surface area contributed by atoms with Gasteiger partial charge in [-0.1, -0.05) is 91.4 Å². The summed E-state index contributed by atoms with van der Waals surface area (Å²) in [5, 5.41) is 8.52. The van der Waals surface area contributed by atoms with E-state index < -0.39 is 15.6 Å². The first-order chi connectivity index (χ1) is 17.3. The molecular weight excluding hydrogens is 472 g/mol. The fraction of sp³-hybridized carbons (Fsp3) is 0.286. The normalized spacial score (nSPS) is 20.9. The number of hydrogen-bond acceptors (Lipinski definition) is 6. The van der Waals surface area contributed by atoms with Gasteiger partial charge < -0.3 is 10.2 Å². The summed E-state index contributed by atoms with van der Waals surface area (Å²) < 4.78 is 34.8. The van der Waals surface area contributed by atoms with Gasteiger partial charge in [-0.05, 0) is 37.5 Å². The van der Waals surface area contributed by atoms with Crippen LogP contribution in [-0.4, -0.2) is 29.5 Å². The fourth-order valence-corrected chi connectivity index (χ4v) is 5.53. The third-order valence-corrected chi connectivity index (χ3v) is 8.02. The van der Waals surface area contributed by atoms with Crippen LogP contribution < -0.4 is 5.73 Å². The highest BCUT2D eigenvalue weighted by molar-refractivity contribution is 7.89. The van der Waals surface area contributed by atoms with Crippen molar-refractivity contribution in [2.45, 2.75) is 49.6 Å². The van der Waals surface area contributed by atoms with E-state index in [0.717, 1.165) is 11.1 Å². The van der Waals surface area contributed by atoms with E-state index in [1.807, 2.05) is 80.6 Å². The number of nitrogens with two attached hydrogens (primary N) is 1. The average Bonchev–Trinajstić information content (AvgIpc) is 3.40. The maximum atomic E-state index is 13.6. The number of aromatic nitrogens is 2.